The van der Waals surface area contributed by atoms with Crippen molar-refractivity contribution in [3.63, 3.8) is 0 Å². The normalized spacial score (nSPS) is 14.4. The topological polar surface area (TPSA) is 108 Å². The number of benzene rings is 2. The Labute approximate surface area is 177 Å². The highest BCUT2D eigenvalue weighted by molar-refractivity contribution is 5.90. The predicted octanol–water partition coefficient (Wildman–Crippen LogP) is 3.48. The molecule has 1 aliphatic rings. The molecular weight excluding hydrogens is 392 g/mol. The van der Waals surface area contributed by atoms with Gasteiger partial charge in [0.05, 0.1) is 36.5 Å². The summed E-state index contributed by atoms with van der Waals surface area (Å²) in [5.41, 5.74) is 4.67. The lowest BCUT2D eigenvalue weighted by Gasteiger charge is -2.28. The van der Waals surface area contributed by atoms with Crippen LogP contribution in [0.2, 0.25) is 0 Å². The fourth-order valence-electron chi connectivity index (χ4n) is 3.85. The predicted molar refractivity (Wildman–Crippen MR) is 120 cm³/mol. The summed E-state index contributed by atoms with van der Waals surface area (Å²) in [6.45, 7) is 3.37. The van der Waals surface area contributed by atoms with E-state index in [2.05, 4.69) is 59.9 Å². The molecule has 6 rings (SSSR count). The van der Waals surface area contributed by atoms with Crippen LogP contribution in [-0.2, 0) is 4.74 Å². The number of aromatic amines is 2. The zero-order valence-electron chi connectivity index (χ0n) is 16.7. The SMILES string of the molecule is c1cc(N2CCOCC2)ccc1Nc1nc(-c2ccc3cn[nH]c3c2)nc2[nH]ncc12. The van der Waals surface area contributed by atoms with Crippen molar-refractivity contribution in [3.8, 4) is 11.4 Å². The van der Waals surface area contributed by atoms with Gasteiger partial charge in [-0.3, -0.25) is 10.2 Å². The van der Waals surface area contributed by atoms with E-state index in [1.54, 1.807) is 12.4 Å². The van der Waals surface area contributed by atoms with Crippen LogP contribution in [0.15, 0.2) is 54.9 Å². The fourth-order valence-corrected chi connectivity index (χ4v) is 3.85. The molecule has 4 heterocycles. The number of rotatable bonds is 4. The quantitative estimate of drug-likeness (QED) is 0.415. The highest BCUT2D eigenvalue weighted by atomic mass is 16.5. The van der Waals surface area contributed by atoms with Crippen LogP contribution in [0.5, 0.6) is 0 Å². The number of aromatic nitrogens is 6. The summed E-state index contributed by atoms with van der Waals surface area (Å²) in [6.07, 6.45) is 3.53. The third kappa shape index (κ3) is 3.34. The second-order valence-corrected chi connectivity index (χ2v) is 7.47. The molecule has 0 atom stereocenters. The van der Waals surface area contributed by atoms with Crippen LogP contribution in [0.25, 0.3) is 33.3 Å². The largest absolute Gasteiger partial charge is 0.378 e. The molecule has 9 heteroatoms. The molecule has 154 valence electrons. The summed E-state index contributed by atoms with van der Waals surface area (Å²) < 4.78 is 5.44. The maximum atomic E-state index is 5.44. The molecule has 0 unspecified atom stereocenters. The molecule has 2 aromatic carbocycles. The summed E-state index contributed by atoms with van der Waals surface area (Å²) in [6, 6.07) is 14.4. The third-order valence-corrected chi connectivity index (χ3v) is 5.52. The molecule has 5 aromatic rings. The van der Waals surface area contributed by atoms with Gasteiger partial charge >= 0.3 is 0 Å². The van der Waals surface area contributed by atoms with Gasteiger partial charge in [-0.2, -0.15) is 10.2 Å². The highest BCUT2D eigenvalue weighted by Crippen LogP contribution is 2.28. The van der Waals surface area contributed by atoms with Crippen molar-refractivity contribution in [2.45, 2.75) is 0 Å². The van der Waals surface area contributed by atoms with Crippen LogP contribution in [0, 0.1) is 0 Å². The Balaban J connectivity index is 1.33. The van der Waals surface area contributed by atoms with E-state index in [0.717, 1.165) is 53.8 Å². The highest BCUT2D eigenvalue weighted by Gasteiger charge is 2.14. The molecule has 1 saturated heterocycles. The second kappa shape index (κ2) is 7.37. The number of fused-ring (bicyclic) bond motifs is 2. The van der Waals surface area contributed by atoms with Gasteiger partial charge in [-0.05, 0) is 30.3 Å². The average Bonchev–Trinajstić information content (AvgIpc) is 3.49. The smallest absolute Gasteiger partial charge is 0.164 e. The van der Waals surface area contributed by atoms with E-state index in [1.807, 2.05) is 18.2 Å². The van der Waals surface area contributed by atoms with Gasteiger partial charge in [0.25, 0.3) is 0 Å². The molecule has 9 nitrogen and oxygen atoms in total. The number of hydrogen-bond acceptors (Lipinski definition) is 7. The minimum absolute atomic E-state index is 0.612. The monoisotopic (exact) mass is 412 g/mol. The molecule has 1 fully saturated rings. The minimum Gasteiger partial charge on any atom is -0.378 e. The first kappa shape index (κ1) is 17.8. The van der Waals surface area contributed by atoms with Crippen LogP contribution < -0.4 is 10.2 Å². The Hall–Kier alpha value is -3.98. The molecule has 0 radical (unpaired) electrons. The molecule has 0 saturated carbocycles. The van der Waals surface area contributed by atoms with Gasteiger partial charge in [-0.1, -0.05) is 12.1 Å². The summed E-state index contributed by atoms with van der Waals surface area (Å²) in [7, 11) is 0. The van der Waals surface area contributed by atoms with Gasteiger partial charge in [0.1, 0.15) is 5.82 Å². The molecule has 0 bridgehead atoms. The van der Waals surface area contributed by atoms with Gasteiger partial charge < -0.3 is 15.0 Å². The van der Waals surface area contributed by atoms with E-state index in [9.17, 15) is 0 Å². The molecule has 1 aliphatic heterocycles. The minimum atomic E-state index is 0.612. The Morgan fingerprint density at radius 3 is 2.61 bits per heavy atom. The van der Waals surface area contributed by atoms with E-state index in [4.69, 9.17) is 9.72 Å². The molecule has 0 spiro atoms. The first-order valence-corrected chi connectivity index (χ1v) is 10.2. The summed E-state index contributed by atoms with van der Waals surface area (Å²) in [4.78, 5) is 11.8. The summed E-state index contributed by atoms with van der Waals surface area (Å²) in [5, 5.41) is 19.5. The van der Waals surface area contributed by atoms with Crippen LogP contribution in [0.4, 0.5) is 17.2 Å². The van der Waals surface area contributed by atoms with Crippen molar-refractivity contribution in [1.82, 2.24) is 30.4 Å². The fraction of sp³-hybridized carbons (Fsp3) is 0.182. The maximum Gasteiger partial charge on any atom is 0.164 e. The van der Waals surface area contributed by atoms with Gasteiger partial charge in [-0.15, -0.1) is 0 Å². The van der Waals surface area contributed by atoms with Gasteiger partial charge in [0, 0.05) is 35.4 Å². The number of nitrogens with one attached hydrogen (secondary N) is 3. The van der Waals surface area contributed by atoms with Gasteiger partial charge in [0.2, 0.25) is 0 Å². The number of anilines is 3. The van der Waals surface area contributed by atoms with E-state index in [-0.39, 0.29) is 0 Å². The van der Waals surface area contributed by atoms with Crippen molar-refractivity contribution >= 4 is 39.1 Å². The number of morpholine rings is 1. The summed E-state index contributed by atoms with van der Waals surface area (Å²) >= 11 is 0. The lowest BCUT2D eigenvalue weighted by atomic mass is 10.1. The molecule has 31 heavy (non-hydrogen) atoms. The maximum absolute atomic E-state index is 5.44. The van der Waals surface area contributed by atoms with Crippen molar-refractivity contribution in [1.29, 1.82) is 0 Å². The number of H-pyrrole nitrogens is 2. The van der Waals surface area contributed by atoms with E-state index in [1.165, 1.54) is 5.69 Å². The average molecular weight is 412 g/mol. The zero-order valence-corrected chi connectivity index (χ0v) is 16.7. The number of ether oxygens (including phenoxy) is 1. The number of hydrogen-bond donors (Lipinski definition) is 3. The standard InChI is InChI=1S/C22H20N8O/c1-2-15-12-23-28-19(15)11-14(1)20-26-21(18-13-24-29-22(18)27-20)25-16-3-5-17(6-4-16)30-7-9-31-10-8-30/h1-6,11-13H,7-10H2,(H,23,28)(H2,24,25,26,27,29). The molecule has 0 aliphatic carbocycles. The molecule has 0 amide bonds. The van der Waals surface area contributed by atoms with Crippen molar-refractivity contribution in [2.24, 2.45) is 0 Å². The van der Waals surface area contributed by atoms with Gasteiger partial charge in [-0.25, -0.2) is 9.97 Å². The Bertz CT molecular complexity index is 1350. The van der Waals surface area contributed by atoms with Crippen molar-refractivity contribution in [3.05, 3.63) is 54.9 Å². The number of nitrogens with zero attached hydrogens (tertiary/aromatic N) is 5. The Morgan fingerprint density at radius 2 is 1.74 bits per heavy atom. The Morgan fingerprint density at radius 1 is 0.903 bits per heavy atom. The van der Waals surface area contributed by atoms with E-state index in [0.29, 0.717) is 17.3 Å². The van der Waals surface area contributed by atoms with E-state index >= 15 is 0 Å². The lowest BCUT2D eigenvalue weighted by molar-refractivity contribution is 0.122. The van der Waals surface area contributed by atoms with Crippen LogP contribution in [0.1, 0.15) is 0 Å². The van der Waals surface area contributed by atoms with Crippen molar-refractivity contribution < 1.29 is 4.74 Å². The molecule has 3 N–H and O–H groups in total. The zero-order chi connectivity index (χ0) is 20.6. The van der Waals surface area contributed by atoms with Crippen LogP contribution in [0.3, 0.4) is 0 Å². The van der Waals surface area contributed by atoms with Gasteiger partial charge in [0.15, 0.2) is 11.5 Å². The van der Waals surface area contributed by atoms with Crippen molar-refractivity contribution in [2.75, 3.05) is 36.5 Å². The van der Waals surface area contributed by atoms with Crippen LogP contribution >= 0.6 is 0 Å². The molecule has 3 aromatic heterocycles. The summed E-state index contributed by atoms with van der Waals surface area (Å²) in [5.74, 6) is 1.32. The van der Waals surface area contributed by atoms with Crippen LogP contribution in [-0.4, -0.2) is 56.7 Å². The third-order valence-electron chi connectivity index (χ3n) is 5.52. The second-order valence-electron chi connectivity index (χ2n) is 7.47. The molecular formula is C22H20N8O. The first-order valence-electron chi connectivity index (χ1n) is 10.2. The Kier molecular flexibility index (Phi) is 4.24. The first-order chi connectivity index (χ1) is 15.3. The lowest BCUT2D eigenvalue weighted by Crippen LogP contribution is -2.36. The van der Waals surface area contributed by atoms with E-state index < -0.39 is 0 Å².